The Morgan fingerprint density at radius 2 is 1.75 bits per heavy atom. The lowest BCUT2D eigenvalue weighted by Crippen LogP contribution is -2.25. The van der Waals surface area contributed by atoms with Gasteiger partial charge in [-0.1, -0.05) is 45.0 Å². The van der Waals surface area contributed by atoms with Gasteiger partial charge in [0.05, 0.1) is 5.71 Å². The van der Waals surface area contributed by atoms with Crippen LogP contribution in [0.25, 0.3) is 11.3 Å². The summed E-state index contributed by atoms with van der Waals surface area (Å²) in [5, 5.41) is 22.8. The van der Waals surface area contributed by atoms with Gasteiger partial charge in [-0.3, -0.25) is 14.9 Å². The van der Waals surface area contributed by atoms with E-state index in [1.165, 1.54) is 5.56 Å². The van der Waals surface area contributed by atoms with Gasteiger partial charge in [-0.2, -0.15) is 10.2 Å². The fourth-order valence-corrected chi connectivity index (χ4v) is 3.36. The number of benzene rings is 2. The molecule has 0 saturated carbocycles. The molecule has 7 nitrogen and oxygen atoms in total. The van der Waals surface area contributed by atoms with Crippen LogP contribution < -0.4 is 10.7 Å². The van der Waals surface area contributed by atoms with Gasteiger partial charge in [0, 0.05) is 23.9 Å². The Balaban J connectivity index is 1.75. The number of hydrogen-bond acceptors (Lipinski definition) is 5. The van der Waals surface area contributed by atoms with Crippen molar-refractivity contribution in [3.63, 3.8) is 0 Å². The second-order valence-electron chi connectivity index (χ2n) is 8.50. The molecular weight excluding hydrogens is 422 g/mol. The molecule has 0 atom stereocenters. The Morgan fingerprint density at radius 3 is 2.31 bits per heavy atom. The second kappa shape index (κ2) is 9.32. The first-order chi connectivity index (χ1) is 15.1. The molecule has 3 rings (SSSR count). The van der Waals surface area contributed by atoms with Crippen molar-refractivity contribution in [2.45, 2.75) is 33.1 Å². The monoisotopic (exact) mass is 449 g/mol. The first-order valence-corrected chi connectivity index (χ1v) is 10.5. The van der Waals surface area contributed by atoms with E-state index in [2.05, 4.69) is 53.8 Å². The molecule has 0 fully saturated rings. The van der Waals surface area contributed by atoms with Crippen LogP contribution in [0.2, 0.25) is 0 Å². The fourth-order valence-electron chi connectivity index (χ4n) is 3.20. The zero-order valence-corrected chi connectivity index (χ0v) is 19.6. The molecule has 0 bridgehead atoms. The Labute approximate surface area is 193 Å². The number of aromatic hydroxyl groups is 1. The molecule has 0 saturated heterocycles. The van der Waals surface area contributed by atoms with Gasteiger partial charge < -0.3 is 10.4 Å². The molecule has 3 N–H and O–H groups in total. The predicted octanol–water partition coefficient (Wildman–Crippen LogP) is 4.61. The van der Waals surface area contributed by atoms with Crippen LogP contribution in [0.15, 0.2) is 53.6 Å². The Kier molecular flexibility index (Phi) is 6.74. The first-order valence-electron chi connectivity index (χ1n) is 10.1. The largest absolute Gasteiger partial charge is 0.504 e. The number of carbonyl (C=O) groups is 1. The molecule has 0 spiro atoms. The number of anilines is 1. The molecular formula is C24H27N5O2S. The molecule has 0 aliphatic carbocycles. The molecule has 166 valence electrons. The number of hydrogen-bond donors (Lipinski definition) is 3. The lowest BCUT2D eigenvalue weighted by atomic mass is 9.86. The van der Waals surface area contributed by atoms with Gasteiger partial charge in [-0.25, -0.2) is 0 Å². The van der Waals surface area contributed by atoms with Crippen molar-refractivity contribution in [3.8, 4) is 17.0 Å². The zero-order chi connectivity index (χ0) is 23.5. The maximum atomic E-state index is 10.8. The van der Waals surface area contributed by atoms with Gasteiger partial charge in [0.25, 0.3) is 0 Å². The van der Waals surface area contributed by atoms with Crippen LogP contribution in [0.4, 0.5) is 5.69 Å². The summed E-state index contributed by atoms with van der Waals surface area (Å²) >= 11 is 5.26. The van der Waals surface area contributed by atoms with Gasteiger partial charge in [-0.05, 0) is 54.4 Å². The minimum Gasteiger partial charge on any atom is -0.504 e. The third-order valence-electron chi connectivity index (χ3n) is 5.02. The highest BCUT2D eigenvalue weighted by atomic mass is 32.1. The van der Waals surface area contributed by atoms with Crippen molar-refractivity contribution in [1.82, 2.24) is 15.2 Å². The molecule has 3 aromatic rings. The Hall–Kier alpha value is -3.52. The van der Waals surface area contributed by atoms with Crippen LogP contribution in [0.5, 0.6) is 5.75 Å². The maximum Gasteiger partial charge on any atom is 0.191 e. The van der Waals surface area contributed by atoms with E-state index in [1.54, 1.807) is 42.9 Å². The second-order valence-corrected chi connectivity index (χ2v) is 8.91. The third-order valence-corrected chi connectivity index (χ3v) is 5.21. The van der Waals surface area contributed by atoms with Crippen molar-refractivity contribution in [3.05, 3.63) is 65.4 Å². The topological polar surface area (TPSA) is 91.5 Å². The van der Waals surface area contributed by atoms with Crippen LogP contribution in [-0.4, -0.2) is 32.0 Å². The predicted molar refractivity (Wildman–Crippen MR) is 132 cm³/mol. The summed E-state index contributed by atoms with van der Waals surface area (Å²) in [4.78, 5) is 10.7. The summed E-state index contributed by atoms with van der Waals surface area (Å²) in [7, 11) is 1.78. The summed E-state index contributed by atoms with van der Waals surface area (Å²) in [6, 6.07) is 15.0. The lowest BCUT2D eigenvalue weighted by Gasteiger charge is -2.19. The van der Waals surface area contributed by atoms with Gasteiger partial charge in [0.15, 0.2) is 16.6 Å². The molecule has 1 aromatic heterocycles. The highest BCUT2D eigenvalue weighted by Crippen LogP contribution is 2.33. The number of carbonyl (C=O) groups excluding carboxylic acids is 1. The Morgan fingerprint density at radius 1 is 1.12 bits per heavy atom. The smallest absolute Gasteiger partial charge is 0.191 e. The molecule has 1 heterocycles. The average molecular weight is 450 g/mol. The van der Waals surface area contributed by atoms with Gasteiger partial charge in [0.1, 0.15) is 12.0 Å². The van der Waals surface area contributed by atoms with Crippen molar-refractivity contribution in [2.75, 3.05) is 5.32 Å². The number of hydrazone groups is 1. The van der Waals surface area contributed by atoms with E-state index in [-0.39, 0.29) is 16.3 Å². The molecule has 32 heavy (non-hydrogen) atoms. The van der Waals surface area contributed by atoms with E-state index in [1.807, 2.05) is 12.1 Å². The third kappa shape index (κ3) is 5.20. The minimum atomic E-state index is 0.0517. The average Bonchev–Trinajstić information content (AvgIpc) is 3.06. The van der Waals surface area contributed by atoms with Crippen LogP contribution in [0.1, 0.15) is 49.3 Å². The van der Waals surface area contributed by atoms with Crippen LogP contribution in [0, 0.1) is 0 Å². The van der Waals surface area contributed by atoms with Gasteiger partial charge in [-0.15, -0.1) is 0 Å². The molecule has 0 aliphatic heterocycles. The number of nitrogens with one attached hydrogen (secondary N) is 2. The van der Waals surface area contributed by atoms with E-state index in [0.29, 0.717) is 22.7 Å². The van der Waals surface area contributed by atoms with E-state index in [0.717, 1.165) is 17.5 Å². The summed E-state index contributed by atoms with van der Waals surface area (Å²) < 4.78 is 1.64. The SMILES string of the molecule is C/C(=N\NC(=S)Nc1ccc(C=O)cc1)c1nn(C)c(-c2ccc(C(C)(C)C)cc2)c1O. The van der Waals surface area contributed by atoms with E-state index in [4.69, 9.17) is 12.2 Å². The molecule has 0 radical (unpaired) electrons. The van der Waals surface area contributed by atoms with Crippen LogP contribution in [-0.2, 0) is 12.5 Å². The highest BCUT2D eigenvalue weighted by molar-refractivity contribution is 7.80. The summed E-state index contributed by atoms with van der Waals surface area (Å²) in [5.74, 6) is 0.0578. The molecule has 8 heteroatoms. The molecule has 0 amide bonds. The van der Waals surface area contributed by atoms with Crippen molar-refractivity contribution >= 4 is 35.0 Å². The van der Waals surface area contributed by atoms with Crippen LogP contribution >= 0.6 is 12.2 Å². The lowest BCUT2D eigenvalue weighted by molar-refractivity contribution is 0.112. The van der Waals surface area contributed by atoms with E-state index >= 15 is 0 Å². The zero-order valence-electron chi connectivity index (χ0n) is 18.8. The number of rotatable bonds is 5. The van der Waals surface area contributed by atoms with Crippen molar-refractivity contribution < 1.29 is 9.90 Å². The summed E-state index contributed by atoms with van der Waals surface area (Å²) in [6.07, 6.45) is 0.778. The van der Waals surface area contributed by atoms with E-state index < -0.39 is 0 Å². The number of aldehydes is 1. The standard InChI is InChI=1S/C24H27N5O2S/c1-15(26-27-23(32)25-19-12-6-16(14-30)7-13-19)20-22(31)21(29(5)28-20)17-8-10-18(11-9-17)24(2,3)4/h6-14,31H,1-5H3,(H2,25,27,32)/b26-15+. The van der Waals surface area contributed by atoms with E-state index in [9.17, 15) is 9.90 Å². The van der Waals surface area contributed by atoms with Crippen molar-refractivity contribution in [1.29, 1.82) is 0 Å². The van der Waals surface area contributed by atoms with Crippen LogP contribution in [0.3, 0.4) is 0 Å². The fraction of sp³-hybridized carbons (Fsp3) is 0.250. The van der Waals surface area contributed by atoms with Crippen molar-refractivity contribution in [2.24, 2.45) is 12.1 Å². The van der Waals surface area contributed by atoms with Gasteiger partial charge in [0.2, 0.25) is 0 Å². The minimum absolute atomic E-state index is 0.0517. The summed E-state index contributed by atoms with van der Waals surface area (Å²) in [5.41, 5.74) is 7.67. The number of nitrogens with zero attached hydrogens (tertiary/aromatic N) is 3. The number of aryl methyl sites for hydroxylation is 1. The maximum absolute atomic E-state index is 10.8. The normalized spacial score (nSPS) is 11.8. The quantitative estimate of drug-likeness (QED) is 0.228. The number of thiocarbonyl (C=S) groups is 1. The molecule has 0 unspecified atom stereocenters. The first kappa shape index (κ1) is 23.1. The van der Waals surface area contributed by atoms with Gasteiger partial charge >= 0.3 is 0 Å². The molecule has 0 aliphatic rings. The number of aromatic nitrogens is 2. The molecule has 2 aromatic carbocycles. The highest BCUT2D eigenvalue weighted by Gasteiger charge is 2.20. The summed E-state index contributed by atoms with van der Waals surface area (Å²) in [6.45, 7) is 8.22. The Bertz CT molecular complexity index is 1160.